The van der Waals surface area contributed by atoms with Crippen molar-refractivity contribution < 1.29 is 28.5 Å². The van der Waals surface area contributed by atoms with Crippen LogP contribution in [-0.2, 0) is 14.3 Å². The van der Waals surface area contributed by atoms with E-state index >= 15 is 0 Å². The molecular formula is C29H38N4O6. The van der Waals surface area contributed by atoms with E-state index in [0.717, 1.165) is 35.7 Å². The first-order valence-electron chi connectivity index (χ1n) is 13.3. The highest BCUT2D eigenvalue weighted by molar-refractivity contribution is 6.03. The van der Waals surface area contributed by atoms with Gasteiger partial charge in [-0.05, 0) is 48.0 Å². The summed E-state index contributed by atoms with van der Waals surface area (Å²) in [7, 11) is 4.83. The number of nitrogens with zero attached hydrogens (tertiary/aromatic N) is 4. The van der Waals surface area contributed by atoms with Gasteiger partial charge in [0.2, 0.25) is 5.91 Å². The number of morpholine rings is 1. The number of amides is 2. The van der Waals surface area contributed by atoms with Crippen molar-refractivity contribution in [3.63, 3.8) is 0 Å². The van der Waals surface area contributed by atoms with Crippen molar-refractivity contribution >= 4 is 17.5 Å². The van der Waals surface area contributed by atoms with E-state index in [1.54, 1.807) is 26.2 Å². The Kier molecular flexibility index (Phi) is 9.78. The van der Waals surface area contributed by atoms with Crippen LogP contribution in [0.15, 0.2) is 47.6 Å². The minimum atomic E-state index is -0.419. The number of hydrogen-bond donors (Lipinski definition) is 0. The molecule has 0 radical (unpaired) electrons. The van der Waals surface area contributed by atoms with E-state index in [2.05, 4.69) is 4.90 Å². The zero-order chi connectivity index (χ0) is 27.8. The highest BCUT2D eigenvalue weighted by Gasteiger charge is 2.36. The van der Waals surface area contributed by atoms with Crippen LogP contribution in [0.3, 0.4) is 0 Å². The summed E-state index contributed by atoms with van der Waals surface area (Å²) in [6, 6.07) is 12.7. The fraction of sp³-hybridized carbons (Fsp3) is 0.483. The van der Waals surface area contributed by atoms with Crippen molar-refractivity contribution in [2.24, 2.45) is 5.10 Å². The average molecular weight is 539 g/mol. The van der Waals surface area contributed by atoms with Crippen molar-refractivity contribution in [3.05, 3.63) is 53.6 Å². The lowest BCUT2D eigenvalue weighted by atomic mass is 9.97. The largest absolute Gasteiger partial charge is 0.497 e. The summed E-state index contributed by atoms with van der Waals surface area (Å²) in [4.78, 5) is 30.6. The molecule has 10 nitrogen and oxygen atoms in total. The summed E-state index contributed by atoms with van der Waals surface area (Å²) in [6.07, 6.45) is 0.807. The molecule has 39 heavy (non-hydrogen) atoms. The predicted octanol–water partition coefficient (Wildman–Crippen LogP) is 2.96. The van der Waals surface area contributed by atoms with E-state index in [-0.39, 0.29) is 18.4 Å². The van der Waals surface area contributed by atoms with Crippen LogP contribution in [0.5, 0.6) is 17.2 Å². The maximum atomic E-state index is 13.8. The topological polar surface area (TPSA) is 93.1 Å². The van der Waals surface area contributed by atoms with Crippen molar-refractivity contribution in [1.29, 1.82) is 0 Å². The number of methoxy groups -OCH3 is 3. The van der Waals surface area contributed by atoms with Gasteiger partial charge in [-0.2, -0.15) is 5.10 Å². The molecule has 1 atom stereocenters. The minimum absolute atomic E-state index is 0.0564. The van der Waals surface area contributed by atoms with E-state index < -0.39 is 6.04 Å². The molecule has 0 aliphatic carbocycles. The van der Waals surface area contributed by atoms with Crippen LogP contribution in [0.4, 0.5) is 0 Å². The predicted molar refractivity (Wildman–Crippen MR) is 147 cm³/mol. The van der Waals surface area contributed by atoms with Gasteiger partial charge in [0.25, 0.3) is 5.91 Å². The summed E-state index contributed by atoms with van der Waals surface area (Å²) in [5, 5.41) is 6.29. The van der Waals surface area contributed by atoms with E-state index in [0.29, 0.717) is 50.6 Å². The first kappa shape index (κ1) is 28.4. The highest BCUT2D eigenvalue weighted by atomic mass is 16.5. The molecule has 4 rings (SSSR count). The Labute approximate surface area is 230 Å². The Morgan fingerprint density at radius 1 is 1.00 bits per heavy atom. The molecule has 0 aromatic heterocycles. The molecule has 2 heterocycles. The Hall–Kier alpha value is -3.63. The van der Waals surface area contributed by atoms with Gasteiger partial charge in [-0.15, -0.1) is 0 Å². The molecule has 2 aliphatic rings. The van der Waals surface area contributed by atoms with Crippen molar-refractivity contribution in [2.75, 3.05) is 67.3 Å². The molecule has 1 saturated heterocycles. The second-order valence-corrected chi connectivity index (χ2v) is 9.46. The molecule has 1 unspecified atom stereocenters. The Morgan fingerprint density at radius 3 is 2.33 bits per heavy atom. The molecule has 1 fully saturated rings. The standard InChI is InChI=1S/C29H38N4O6/c1-5-28(34)32(13-12-31-14-16-39-17-15-31)20-29(35)33-26(24-18-23(37-3)10-11-27(24)38-4)19-25(30-33)21-6-8-22(36-2)9-7-21/h6-11,18,26H,5,12-17,19-20H2,1-4H3. The number of benzene rings is 2. The molecule has 210 valence electrons. The van der Waals surface area contributed by atoms with Crippen molar-refractivity contribution in [3.8, 4) is 17.2 Å². The fourth-order valence-electron chi connectivity index (χ4n) is 4.88. The van der Waals surface area contributed by atoms with Crippen molar-refractivity contribution in [1.82, 2.24) is 14.8 Å². The molecule has 0 spiro atoms. The lowest BCUT2D eigenvalue weighted by Gasteiger charge is -2.31. The second-order valence-electron chi connectivity index (χ2n) is 9.46. The lowest BCUT2D eigenvalue weighted by Crippen LogP contribution is -2.46. The molecule has 0 N–H and O–H groups in total. The number of carbonyl (C=O) groups is 2. The van der Waals surface area contributed by atoms with Gasteiger partial charge in [0.1, 0.15) is 23.8 Å². The van der Waals surface area contributed by atoms with E-state index in [9.17, 15) is 9.59 Å². The van der Waals surface area contributed by atoms with Gasteiger partial charge in [0, 0.05) is 44.6 Å². The second kappa shape index (κ2) is 13.4. The van der Waals surface area contributed by atoms with Gasteiger partial charge in [-0.3, -0.25) is 14.5 Å². The summed E-state index contributed by atoms with van der Waals surface area (Å²) >= 11 is 0. The van der Waals surface area contributed by atoms with Crippen molar-refractivity contribution in [2.45, 2.75) is 25.8 Å². The van der Waals surface area contributed by atoms with Gasteiger partial charge in [-0.1, -0.05) is 6.92 Å². The number of rotatable bonds is 11. The zero-order valence-corrected chi connectivity index (χ0v) is 23.2. The summed E-state index contributed by atoms with van der Waals surface area (Å²) in [6.45, 7) is 5.92. The smallest absolute Gasteiger partial charge is 0.262 e. The van der Waals surface area contributed by atoms with Gasteiger partial charge in [0.15, 0.2) is 0 Å². The van der Waals surface area contributed by atoms with Crippen LogP contribution in [-0.4, -0.2) is 99.6 Å². The summed E-state index contributed by atoms with van der Waals surface area (Å²) in [5.41, 5.74) is 2.45. The van der Waals surface area contributed by atoms with Crippen LogP contribution in [0.2, 0.25) is 0 Å². The number of carbonyl (C=O) groups excluding carboxylic acids is 2. The first-order valence-corrected chi connectivity index (χ1v) is 13.3. The Balaban J connectivity index is 1.61. The molecule has 10 heteroatoms. The quantitative estimate of drug-likeness (QED) is 0.434. The minimum Gasteiger partial charge on any atom is -0.497 e. The summed E-state index contributed by atoms with van der Waals surface area (Å²) < 4.78 is 21.9. The number of hydrazone groups is 1. The van der Waals surface area contributed by atoms with Crippen LogP contribution in [0.1, 0.15) is 36.9 Å². The molecular weight excluding hydrogens is 500 g/mol. The van der Waals surface area contributed by atoms with Gasteiger partial charge in [0.05, 0.1) is 46.3 Å². The normalized spacial score (nSPS) is 17.5. The Bertz CT molecular complexity index is 1160. The maximum Gasteiger partial charge on any atom is 0.262 e. The molecule has 2 aliphatic heterocycles. The van der Waals surface area contributed by atoms with Crippen LogP contribution in [0.25, 0.3) is 0 Å². The first-order chi connectivity index (χ1) is 19.0. The lowest BCUT2D eigenvalue weighted by molar-refractivity contribution is -0.141. The van der Waals surface area contributed by atoms with E-state index in [1.807, 2.05) is 49.4 Å². The molecule has 0 saturated carbocycles. The van der Waals surface area contributed by atoms with E-state index in [4.69, 9.17) is 24.0 Å². The van der Waals surface area contributed by atoms with Crippen LogP contribution < -0.4 is 14.2 Å². The van der Waals surface area contributed by atoms with Gasteiger partial charge >= 0.3 is 0 Å². The third kappa shape index (κ3) is 6.88. The fourth-order valence-corrected chi connectivity index (χ4v) is 4.88. The molecule has 0 bridgehead atoms. The highest BCUT2D eigenvalue weighted by Crippen LogP contribution is 2.39. The molecule has 2 amide bonds. The van der Waals surface area contributed by atoms with Gasteiger partial charge < -0.3 is 23.8 Å². The van der Waals surface area contributed by atoms with Gasteiger partial charge in [-0.25, -0.2) is 5.01 Å². The monoisotopic (exact) mass is 538 g/mol. The zero-order valence-electron chi connectivity index (χ0n) is 23.2. The molecule has 2 aromatic rings. The number of hydrogen-bond acceptors (Lipinski definition) is 8. The third-order valence-electron chi connectivity index (χ3n) is 7.16. The summed E-state index contributed by atoms with van der Waals surface area (Å²) in [5.74, 6) is 1.72. The SMILES string of the molecule is CCC(=O)N(CCN1CCOCC1)CC(=O)N1N=C(c2ccc(OC)cc2)CC1c1cc(OC)ccc1OC. The maximum absolute atomic E-state index is 13.8. The molecule has 2 aromatic carbocycles. The van der Waals surface area contributed by atoms with Crippen LogP contribution >= 0.6 is 0 Å². The third-order valence-corrected chi connectivity index (χ3v) is 7.16. The average Bonchev–Trinajstić information content (AvgIpc) is 3.44. The van der Waals surface area contributed by atoms with E-state index in [1.165, 1.54) is 5.01 Å². The number of ether oxygens (including phenoxy) is 4. The Morgan fingerprint density at radius 2 is 1.69 bits per heavy atom. The van der Waals surface area contributed by atoms with Crippen LogP contribution in [0, 0.1) is 0 Å².